The quantitative estimate of drug-likeness (QED) is 0.443. The lowest BCUT2D eigenvalue weighted by Crippen LogP contribution is -2.36. The summed E-state index contributed by atoms with van der Waals surface area (Å²) in [4.78, 5) is 0. The molecule has 1 aliphatic rings. The topological polar surface area (TPSA) is 29.5 Å². The number of unbranched alkanes of at least 4 members (excludes halogenated alkanes) is 2. The summed E-state index contributed by atoms with van der Waals surface area (Å²) in [5.74, 6) is 1.13. The Bertz CT molecular complexity index is 663. The van der Waals surface area contributed by atoms with E-state index in [0.717, 1.165) is 36.1 Å². The summed E-state index contributed by atoms with van der Waals surface area (Å²) < 4.78 is 6.39. The molecule has 0 spiro atoms. The fourth-order valence-corrected chi connectivity index (χ4v) is 4.02. The van der Waals surface area contributed by atoms with Gasteiger partial charge in [-0.25, -0.2) is 0 Å². The summed E-state index contributed by atoms with van der Waals surface area (Å²) in [5.41, 5.74) is 2.97. The van der Waals surface area contributed by atoms with Gasteiger partial charge in [0, 0.05) is 0 Å². The van der Waals surface area contributed by atoms with E-state index in [1.165, 1.54) is 18.4 Å². The minimum Gasteiger partial charge on any atom is -0.507 e. The van der Waals surface area contributed by atoms with Crippen molar-refractivity contribution in [2.24, 2.45) is 5.41 Å². The number of rotatable bonds is 7. The van der Waals surface area contributed by atoms with Crippen LogP contribution in [0.2, 0.25) is 0 Å². The molecule has 0 bridgehead atoms. The van der Waals surface area contributed by atoms with Crippen LogP contribution in [-0.2, 0) is 6.42 Å². The summed E-state index contributed by atoms with van der Waals surface area (Å²) in [6.07, 6.45) is 11.9. The molecular weight excluding hydrogens is 308 g/mol. The van der Waals surface area contributed by atoms with Gasteiger partial charge in [0.15, 0.2) is 0 Å². The molecule has 1 atom stereocenters. The van der Waals surface area contributed by atoms with Crippen molar-refractivity contribution >= 4 is 6.08 Å². The van der Waals surface area contributed by atoms with E-state index in [0.29, 0.717) is 5.75 Å². The zero-order chi connectivity index (χ0) is 18.7. The molecule has 1 aromatic carbocycles. The van der Waals surface area contributed by atoms with E-state index >= 15 is 0 Å². The van der Waals surface area contributed by atoms with E-state index in [4.69, 9.17) is 4.74 Å². The van der Waals surface area contributed by atoms with Gasteiger partial charge >= 0.3 is 0 Å². The number of aryl methyl sites for hydroxylation is 1. The highest BCUT2D eigenvalue weighted by molar-refractivity contribution is 5.67. The highest BCUT2D eigenvalue weighted by Gasteiger charge is 2.34. The van der Waals surface area contributed by atoms with Gasteiger partial charge in [0.25, 0.3) is 0 Å². The number of ether oxygens (including phenoxy) is 1. The van der Waals surface area contributed by atoms with E-state index in [-0.39, 0.29) is 11.0 Å². The number of benzene rings is 1. The van der Waals surface area contributed by atoms with Crippen LogP contribution in [0.25, 0.3) is 6.08 Å². The first-order valence-electron chi connectivity index (χ1n) is 9.54. The van der Waals surface area contributed by atoms with Crippen molar-refractivity contribution < 1.29 is 9.84 Å². The van der Waals surface area contributed by atoms with Crippen LogP contribution in [-0.4, -0.2) is 10.7 Å². The van der Waals surface area contributed by atoms with Crippen molar-refractivity contribution in [1.82, 2.24) is 0 Å². The fraction of sp³-hybridized carbons (Fsp3) is 0.565. The zero-order valence-corrected chi connectivity index (χ0v) is 16.8. The molecule has 0 saturated carbocycles. The van der Waals surface area contributed by atoms with Crippen molar-refractivity contribution in [2.75, 3.05) is 0 Å². The Hall–Kier alpha value is -1.70. The number of phenolic OH excluding ortho intramolecular Hbond substituents is 1. The highest BCUT2D eigenvalue weighted by Crippen LogP contribution is 2.42. The molecule has 0 aliphatic carbocycles. The molecule has 1 N–H and O–H groups in total. The van der Waals surface area contributed by atoms with Gasteiger partial charge in [0.1, 0.15) is 17.1 Å². The summed E-state index contributed by atoms with van der Waals surface area (Å²) in [7, 11) is 0. The standard InChI is InChI=1S/C23H34O2/c1-7-8-9-10-18-13-20(24)19-11-12-23(6,25-21(19)14-18)16-22(4,5)15-17(2)3/h11-15,24H,7-10,16H2,1-6H3. The van der Waals surface area contributed by atoms with Crippen LogP contribution < -0.4 is 4.74 Å². The first-order valence-corrected chi connectivity index (χ1v) is 9.54. The molecule has 0 saturated heterocycles. The second kappa shape index (κ2) is 7.68. The molecule has 138 valence electrons. The molecule has 1 unspecified atom stereocenters. The first kappa shape index (κ1) is 19.6. The zero-order valence-electron chi connectivity index (χ0n) is 16.8. The maximum absolute atomic E-state index is 10.4. The van der Waals surface area contributed by atoms with Gasteiger partial charge in [-0.15, -0.1) is 0 Å². The average molecular weight is 343 g/mol. The SMILES string of the molecule is CCCCCc1cc(O)c2c(c1)OC(C)(CC(C)(C)C=C(C)C)C=C2. The van der Waals surface area contributed by atoms with Crippen molar-refractivity contribution in [3.05, 3.63) is 41.0 Å². The van der Waals surface area contributed by atoms with Crippen LogP contribution in [0.3, 0.4) is 0 Å². The summed E-state index contributed by atoms with van der Waals surface area (Å²) in [5, 5.41) is 10.4. The van der Waals surface area contributed by atoms with Crippen molar-refractivity contribution in [3.8, 4) is 11.5 Å². The molecule has 1 heterocycles. The van der Waals surface area contributed by atoms with Crippen LogP contribution in [0.5, 0.6) is 11.5 Å². The molecule has 0 radical (unpaired) electrons. The van der Waals surface area contributed by atoms with E-state index < -0.39 is 0 Å². The smallest absolute Gasteiger partial charge is 0.131 e. The predicted octanol–water partition coefficient (Wildman–Crippen LogP) is 6.67. The average Bonchev–Trinajstić information content (AvgIpc) is 2.44. The Labute approximate surface area is 153 Å². The summed E-state index contributed by atoms with van der Waals surface area (Å²) in [6, 6.07) is 4.00. The molecule has 0 amide bonds. The number of aromatic hydroxyl groups is 1. The van der Waals surface area contributed by atoms with Crippen LogP contribution in [0.15, 0.2) is 29.9 Å². The predicted molar refractivity (Wildman–Crippen MR) is 107 cm³/mol. The Morgan fingerprint density at radius 2 is 1.96 bits per heavy atom. The summed E-state index contributed by atoms with van der Waals surface area (Å²) >= 11 is 0. The van der Waals surface area contributed by atoms with Gasteiger partial charge in [-0.1, -0.05) is 45.3 Å². The van der Waals surface area contributed by atoms with Gasteiger partial charge in [0.2, 0.25) is 0 Å². The van der Waals surface area contributed by atoms with E-state index in [1.807, 2.05) is 12.1 Å². The van der Waals surface area contributed by atoms with Crippen molar-refractivity contribution in [3.63, 3.8) is 0 Å². The third-order valence-electron chi connectivity index (χ3n) is 4.68. The Balaban J connectivity index is 2.22. The minimum atomic E-state index is -0.364. The third-order valence-corrected chi connectivity index (χ3v) is 4.68. The largest absolute Gasteiger partial charge is 0.507 e. The number of phenols is 1. The lowest BCUT2D eigenvalue weighted by atomic mass is 9.78. The van der Waals surface area contributed by atoms with Gasteiger partial charge in [-0.2, -0.15) is 0 Å². The molecule has 2 nitrogen and oxygen atoms in total. The molecule has 1 aliphatic heterocycles. The van der Waals surface area contributed by atoms with E-state index in [1.54, 1.807) is 0 Å². The van der Waals surface area contributed by atoms with Gasteiger partial charge in [-0.05, 0) is 75.3 Å². The maximum atomic E-state index is 10.4. The normalized spacial score (nSPS) is 19.3. The third kappa shape index (κ3) is 5.39. The molecule has 1 aromatic rings. The van der Waals surface area contributed by atoms with E-state index in [2.05, 4.69) is 59.8 Å². The Kier molecular flexibility index (Phi) is 6.03. The second-order valence-corrected chi connectivity index (χ2v) is 8.62. The van der Waals surface area contributed by atoms with Gasteiger partial charge in [-0.3, -0.25) is 0 Å². The van der Waals surface area contributed by atoms with Crippen LogP contribution in [0.4, 0.5) is 0 Å². The van der Waals surface area contributed by atoms with E-state index in [9.17, 15) is 5.11 Å². The minimum absolute atomic E-state index is 0.0518. The Morgan fingerprint density at radius 1 is 1.24 bits per heavy atom. The Morgan fingerprint density at radius 3 is 2.60 bits per heavy atom. The van der Waals surface area contributed by atoms with Crippen LogP contribution in [0, 0.1) is 5.41 Å². The highest BCUT2D eigenvalue weighted by atomic mass is 16.5. The van der Waals surface area contributed by atoms with Crippen LogP contribution in [0.1, 0.15) is 78.4 Å². The van der Waals surface area contributed by atoms with Crippen molar-refractivity contribution in [1.29, 1.82) is 0 Å². The monoisotopic (exact) mass is 342 g/mol. The fourth-order valence-electron chi connectivity index (χ4n) is 4.02. The van der Waals surface area contributed by atoms with Crippen LogP contribution >= 0.6 is 0 Å². The molecule has 0 aromatic heterocycles. The number of hydrogen-bond acceptors (Lipinski definition) is 2. The maximum Gasteiger partial charge on any atom is 0.131 e. The molecule has 0 fully saturated rings. The second-order valence-electron chi connectivity index (χ2n) is 8.62. The molecular formula is C23H34O2. The van der Waals surface area contributed by atoms with Crippen molar-refractivity contribution in [2.45, 2.75) is 79.2 Å². The van der Waals surface area contributed by atoms with Gasteiger partial charge in [0.05, 0.1) is 5.56 Å². The lowest BCUT2D eigenvalue weighted by Gasteiger charge is -2.37. The number of hydrogen-bond donors (Lipinski definition) is 1. The summed E-state index contributed by atoms with van der Waals surface area (Å²) in [6.45, 7) is 13.1. The first-order chi connectivity index (χ1) is 11.6. The lowest BCUT2D eigenvalue weighted by molar-refractivity contribution is 0.0950. The molecule has 2 heteroatoms. The number of fused-ring (bicyclic) bond motifs is 1. The molecule has 25 heavy (non-hydrogen) atoms. The number of allylic oxidation sites excluding steroid dienone is 2. The van der Waals surface area contributed by atoms with Gasteiger partial charge < -0.3 is 9.84 Å². The molecule has 2 rings (SSSR count).